The van der Waals surface area contributed by atoms with Gasteiger partial charge in [-0.25, -0.2) is 0 Å². The summed E-state index contributed by atoms with van der Waals surface area (Å²) in [7, 11) is 0. The number of nitrogens with zero attached hydrogens (tertiary/aromatic N) is 4. The summed E-state index contributed by atoms with van der Waals surface area (Å²) in [5, 5.41) is 11.6. The number of carbonyl (C=O) groups excluding carboxylic acids is 2. The summed E-state index contributed by atoms with van der Waals surface area (Å²) in [4.78, 5) is 40.9. The molecule has 27 heavy (non-hydrogen) atoms. The minimum Gasteiger partial charge on any atom is -0.362 e. The zero-order valence-electron chi connectivity index (χ0n) is 15.9. The lowest BCUT2D eigenvalue weighted by Crippen LogP contribution is -2.48. The van der Waals surface area contributed by atoms with Gasteiger partial charge in [-0.15, -0.1) is 0 Å². The van der Waals surface area contributed by atoms with Gasteiger partial charge in [-0.05, 0) is 30.9 Å². The fourth-order valence-corrected chi connectivity index (χ4v) is 3.89. The Balaban J connectivity index is 1.80. The number of nitro groups is 1. The lowest BCUT2D eigenvalue weighted by Gasteiger charge is -2.35. The van der Waals surface area contributed by atoms with Gasteiger partial charge in [0.25, 0.3) is 11.6 Å². The van der Waals surface area contributed by atoms with Crippen molar-refractivity contribution in [2.24, 2.45) is 5.92 Å². The summed E-state index contributed by atoms with van der Waals surface area (Å²) < 4.78 is 0. The van der Waals surface area contributed by atoms with Crippen LogP contribution in [0, 0.1) is 16.0 Å². The lowest BCUT2D eigenvalue weighted by molar-refractivity contribution is -0.384. The van der Waals surface area contributed by atoms with Crippen molar-refractivity contribution < 1.29 is 14.5 Å². The van der Waals surface area contributed by atoms with Crippen LogP contribution in [0.5, 0.6) is 0 Å². The Labute approximate surface area is 158 Å². The summed E-state index contributed by atoms with van der Waals surface area (Å²) in [5.74, 6) is 0.327. The van der Waals surface area contributed by atoms with E-state index in [1.807, 2.05) is 4.90 Å². The molecule has 0 N–H and O–H groups in total. The maximum absolute atomic E-state index is 12.8. The van der Waals surface area contributed by atoms with E-state index in [1.54, 1.807) is 21.9 Å². The normalized spacial score (nSPS) is 20.5. The van der Waals surface area contributed by atoms with Crippen LogP contribution in [0.2, 0.25) is 0 Å². The van der Waals surface area contributed by atoms with Crippen molar-refractivity contribution in [3.05, 3.63) is 33.9 Å². The van der Waals surface area contributed by atoms with Crippen LogP contribution in [0.3, 0.4) is 0 Å². The minimum absolute atomic E-state index is 0.0147. The van der Waals surface area contributed by atoms with Crippen molar-refractivity contribution in [2.45, 2.75) is 26.7 Å². The molecule has 146 valence electrons. The molecule has 1 aromatic carbocycles. The second-order valence-corrected chi connectivity index (χ2v) is 7.45. The number of carbonyl (C=O) groups is 2. The first kappa shape index (κ1) is 19.1. The molecule has 2 aliphatic rings. The van der Waals surface area contributed by atoms with Gasteiger partial charge >= 0.3 is 0 Å². The quantitative estimate of drug-likeness (QED) is 0.597. The zero-order valence-corrected chi connectivity index (χ0v) is 15.9. The number of piperidine rings is 1. The van der Waals surface area contributed by atoms with E-state index in [9.17, 15) is 19.7 Å². The highest BCUT2D eigenvalue weighted by atomic mass is 16.6. The van der Waals surface area contributed by atoms with Gasteiger partial charge in [0.1, 0.15) is 5.69 Å². The molecule has 8 nitrogen and oxygen atoms in total. The number of piperazine rings is 1. The van der Waals surface area contributed by atoms with E-state index in [4.69, 9.17) is 0 Å². The average Bonchev–Trinajstić information content (AvgIpc) is 2.67. The molecule has 1 unspecified atom stereocenters. The number of nitro benzene ring substituents is 1. The van der Waals surface area contributed by atoms with Crippen LogP contribution in [0.15, 0.2) is 18.2 Å². The molecule has 0 radical (unpaired) electrons. The molecule has 3 rings (SSSR count). The Morgan fingerprint density at radius 1 is 1.11 bits per heavy atom. The van der Waals surface area contributed by atoms with Crippen molar-refractivity contribution in [3.63, 3.8) is 0 Å². The highest BCUT2D eigenvalue weighted by molar-refractivity contribution is 5.96. The summed E-state index contributed by atoms with van der Waals surface area (Å²) in [6, 6.07) is 4.75. The molecule has 0 aromatic heterocycles. The number of anilines is 1. The van der Waals surface area contributed by atoms with Crippen LogP contribution in [0.25, 0.3) is 0 Å². The van der Waals surface area contributed by atoms with E-state index in [2.05, 4.69) is 6.92 Å². The van der Waals surface area contributed by atoms with Crippen LogP contribution in [0.1, 0.15) is 37.0 Å². The van der Waals surface area contributed by atoms with Crippen molar-refractivity contribution in [3.8, 4) is 0 Å². The van der Waals surface area contributed by atoms with Crippen LogP contribution < -0.4 is 4.90 Å². The summed E-state index contributed by atoms with van der Waals surface area (Å²) >= 11 is 0. The Morgan fingerprint density at radius 2 is 1.81 bits per heavy atom. The van der Waals surface area contributed by atoms with E-state index in [-0.39, 0.29) is 17.5 Å². The molecular weight excluding hydrogens is 348 g/mol. The van der Waals surface area contributed by atoms with E-state index in [0.717, 1.165) is 12.8 Å². The zero-order chi connectivity index (χ0) is 19.6. The number of likely N-dealkylation sites (tertiary alicyclic amines) is 1. The maximum atomic E-state index is 12.8. The van der Waals surface area contributed by atoms with Crippen LogP contribution >= 0.6 is 0 Å². The van der Waals surface area contributed by atoms with Crippen molar-refractivity contribution in [1.82, 2.24) is 9.80 Å². The largest absolute Gasteiger partial charge is 0.362 e. The van der Waals surface area contributed by atoms with Crippen LogP contribution in [0.4, 0.5) is 11.4 Å². The smallest absolute Gasteiger partial charge is 0.293 e. The number of hydrogen-bond acceptors (Lipinski definition) is 5. The predicted molar refractivity (Wildman–Crippen MR) is 102 cm³/mol. The first-order valence-electron chi connectivity index (χ1n) is 9.45. The minimum atomic E-state index is -0.428. The van der Waals surface area contributed by atoms with Gasteiger partial charge in [-0.1, -0.05) is 6.92 Å². The second-order valence-electron chi connectivity index (χ2n) is 7.45. The fourth-order valence-electron chi connectivity index (χ4n) is 3.89. The summed E-state index contributed by atoms with van der Waals surface area (Å²) in [6.45, 7) is 7.20. The SMILES string of the molecule is CC(=O)N1CCN(c2ccc(C(=O)N3CCCC(C)C3)cc2[N+](=O)[O-])CC1. The first-order chi connectivity index (χ1) is 12.9. The molecule has 1 aromatic rings. The molecule has 2 fully saturated rings. The lowest BCUT2D eigenvalue weighted by atomic mass is 9.99. The monoisotopic (exact) mass is 374 g/mol. The van der Waals surface area contributed by atoms with Gasteiger partial charge in [0, 0.05) is 57.8 Å². The first-order valence-corrected chi connectivity index (χ1v) is 9.45. The number of benzene rings is 1. The van der Waals surface area contributed by atoms with Gasteiger partial charge in [-0.2, -0.15) is 0 Å². The van der Waals surface area contributed by atoms with E-state index in [0.29, 0.717) is 56.4 Å². The van der Waals surface area contributed by atoms with Crippen LogP contribution in [-0.2, 0) is 4.79 Å². The predicted octanol–water partition coefficient (Wildman–Crippen LogP) is 2.14. The molecule has 2 amide bonds. The van der Waals surface area contributed by atoms with Crippen molar-refractivity contribution >= 4 is 23.2 Å². The summed E-state index contributed by atoms with van der Waals surface area (Å²) in [5.41, 5.74) is 0.816. The highest BCUT2D eigenvalue weighted by Gasteiger charge is 2.28. The Bertz CT molecular complexity index is 743. The number of rotatable bonds is 3. The molecule has 2 saturated heterocycles. The third-order valence-electron chi connectivity index (χ3n) is 5.43. The van der Waals surface area contributed by atoms with Gasteiger partial charge in [0.15, 0.2) is 0 Å². The van der Waals surface area contributed by atoms with Gasteiger partial charge in [0.2, 0.25) is 5.91 Å². The molecule has 2 aliphatic heterocycles. The molecule has 0 saturated carbocycles. The highest BCUT2D eigenvalue weighted by Crippen LogP contribution is 2.31. The maximum Gasteiger partial charge on any atom is 0.293 e. The van der Waals surface area contributed by atoms with E-state index in [1.165, 1.54) is 13.0 Å². The number of hydrogen-bond donors (Lipinski definition) is 0. The fraction of sp³-hybridized carbons (Fsp3) is 0.579. The van der Waals surface area contributed by atoms with E-state index < -0.39 is 4.92 Å². The number of amides is 2. The summed E-state index contributed by atoms with van der Waals surface area (Å²) in [6.07, 6.45) is 2.07. The average molecular weight is 374 g/mol. The van der Waals surface area contributed by atoms with Gasteiger partial charge in [-0.3, -0.25) is 19.7 Å². The van der Waals surface area contributed by atoms with Gasteiger partial charge in [0.05, 0.1) is 4.92 Å². The Hall–Kier alpha value is -2.64. The molecule has 1 atom stereocenters. The molecule has 0 aliphatic carbocycles. The topological polar surface area (TPSA) is 87.0 Å². The van der Waals surface area contributed by atoms with Crippen molar-refractivity contribution in [2.75, 3.05) is 44.2 Å². The molecule has 8 heteroatoms. The molecule has 2 heterocycles. The second kappa shape index (κ2) is 7.94. The van der Waals surface area contributed by atoms with Crippen molar-refractivity contribution in [1.29, 1.82) is 0 Å². The molecule has 0 spiro atoms. The van der Waals surface area contributed by atoms with Crippen LogP contribution in [-0.4, -0.2) is 65.8 Å². The third kappa shape index (κ3) is 4.20. The standard InChI is InChI=1S/C19H26N4O4/c1-14-4-3-7-22(13-14)19(25)16-5-6-17(18(12-16)23(26)27)21-10-8-20(9-11-21)15(2)24/h5-6,12,14H,3-4,7-11,13H2,1-2H3. The third-order valence-corrected chi connectivity index (χ3v) is 5.43. The van der Waals surface area contributed by atoms with E-state index >= 15 is 0 Å². The molecule has 0 bridgehead atoms. The Kier molecular flexibility index (Phi) is 5.62. The Morgan fingerprint density at radius 3 is 2.41 bits per heavy atom. The molecular formula is C19H26N4O4. The van der Waals surface area contributed by atoms with Gasteiger partial charge < -0.3 is 14.7 Å².